The van der Waals surface area contributed by atoms with Gasteiger partial charge in [0.15, 0.2) is 0 Å². The van der Waals surface area contributed by atoms with E-state index in [9.17, 15) is 5.11 Å². The van der Waals surface area contributed by atoms with Gasteiger partial charge in [0.2, 0.25) is 0 Å². The minimum absolute atomic E-state index is 0.461. The molecule has 0 saturated heterocycles. The third-order valence-electron chi connectivity index (χ3n) is 3.20. The summed E-state index contributed by atoms with van der Waals surface area (Å²) < 4.78 is -0.461. The number of halogens is 1. The highest BCUT2D eigenvalue weighted by atomic mass is 79.9. The molecule has 0 amide bonds. The summed E-state index contributed by atoms with van der Waals surface area (Å²) in [4.78, 5) is 0. The molecule has 0 heterocycles. The molecule has 2 aliphatic carbocycles. The number of alkyl halides is 1. The van der Waals surface area contributed by atoms with Crippen LogP contribution in [0, 0.1) is 11.8 Å². The van der Waals surface area contributed by atoms with Crippen LogP contribution in [0.15, 0.2) is 0 Å². The second-order valence-corrected chi connectivity index (χ2v) is 5.20. The van der Waals surface area contributed by atoms with E-state index in [1.807, 2.05) is 0 Å². The van der Waals surface area contributed by atoms with Gasteiger partial charge in [-0.15, -0.1) is 0 Å². The van der Waals surface area contributed by atoms with E-state index >= 15 is 0 Å². The Morgan fingerprint density at radius 2 is 1.45 bits per heavy atom. The maximum absolute atomic E-state index is 9.76. The molecule has 3 atom stereocenters. The molecule has 0 radical (unpaired) electrons. The highest BCUT2D eigenvalue weighted by Crippen LogP contribution is 2.60. The fourth-order valence-corrected chi connectivity index (χ4v) is 3.34. The SMILES string of the molecule is OC1(Br)[C@@H]2CCCCCC[C@@H]21. The van der Waals surface area contributed by atoms with Crippen LogP contribution in [0.1, 0.15) is 38.5 Å². The van der Waals surface area contributed by atoms with Crippen molar-refractivity contribution >= 4 is 15.9 Å². The van der Waals surface area contributed by atoms with Crippen molar-refractivity contribution in [1.29, 1.82) is 0 Å². The Bertz CT molecular complexity index is 140. The summed E-state index contributed by atoms with van der Waals surface area (Å²) in [5.74, 6) is 1.14. The van der Waals surface area contributed by atoms with Crippen molar-refractivity contribution < 1.29 is 5.11 Å². The molecule has 0 aromatic carbocycles. The Kier molecular flexibility index (Phi) is 2.00. The molecular formula is C9H15BrO. The summed E-state index contributed by atoms with van der Waals surface area (Å²) in [5.41, 5.74) is 0. The average molecular weight is 219 g/mol. The summed E-state index contributed by atoms with van der Waals surface area (Å²) in [5, 5.41) is 9.76. The molecule has 2 aliphatic rings. The van der Waals surface area contributed by atoms with Crippen LogP contribution in [0.25, 0.3) is 0 Å². The molecule has 2 saturated carbocycles. The largest absolute Gasteiger partial charge is 0.378 e. The van der Waals surface area contributed by atoms with Gasteiger partial charge in [-0.05, 0) is 12.8 Å². The lowest BCUT2D eigenvalue weighted by molar-refractivity contribution is 0.217. The highest BCUT2D eigenvalue weighted by molar-refractivity contribution is 9.10. The Labute approximate surface area is 76.3 Å². The highest BCUT2D eigenvalue weighted by Gasteiger charge is 2.61. The summed E-state index contributed by atoms with van der Waals surface area (Å²) in [6, 6.07) is 0. The summed E-state index contributed by atoms with van der Waals surface area (Å²) >= 11 is 3.40. The number of fused-ring (bicyclic) bond motifs is 1. The zero-order valence-corrected chi connectivity index (χ0v) is 8.31. The number of rotatable bonds is 0. The van der Waals surface area contributed by atoms with Crippen LogP contribution in [0.5, 0.6) is 0 Å². The Morgan fingerprint density at radius 1 is 1.00 bits per heavy atom. The lowest BCUT2D eigenvalue weighted by Gasteiger charge is -2.04. The van der Waals surface area contributed by atoms with Crippen LogP contribution in [-0.2, 0) is 0 Å². The van der Waals surface area contributed by atoms with Gasteiger partial charge < -0.3 is 5.11 Å². The first-order valence-electron chi connectivity index (χ1n) is 4.64. The van der Waals surface area contributed by atoms with E-state index < -0.39 is 4.51 Å². The molecule has 1 N–H and O–H groups in total. The third-order valence-corrected chi connectivity index (χ3v) is 4.37. The van der Waals surface area contributed by atoms with Gasteiger partial charge in [0.05, 0.1) is 0 Å². The van der Waals surface area contributed by atoms with Gasteiger partial charge in [-0.1, -0.05) is 41.6 Å². The topological polar surface area (TPSA) is 20.2 Å². The van der Waals surface area contributed by atoms with Gasteiger partial charge in [0, 0.05) is 11.8 Å². The van der Waals surface area contributed by atoms with E-state index in [-0.39, 0.29) is 0 Å². The zero-order valence-electron chi connectivity index (χ0n) is 6.72. The maximum Gasteiger partial charge on any atom is 0.125 e. The maximum atomic E-state index is 9.76. The lowest BCUT2D eigenvalue weighted by Crippen LogP contribution is -1.99. The second kappa shape index (κ2) is 2.74. The molecule has 1 nitrogen and oxygen atoms in total. The predicted molar refractivity (Wildman–Crippen MR) is 48.6 cm³/mol. The fourth-order valence-electron chi connectivity index (χ4n) is 2.37. The van der Waals surface area contributed by atoms with Crippen molar-refractivity contribution in [3.63, 3.8) is 0 Å². The molecular weight excluding hydrogens is 204 g/mol. The van der Waals surface area contributed by atoms with E-state index in [4.69, 9.17) is 0 Å². The third kappa shape index (κ3) is 1.35. The van der Waals surface area contributed by atoms with Crippen molar-refractivity contribution in [1.82, 2.24) is 0 Å². The van der Waals surface area contributed by atoms with Gasteiger partial charge in [0.1, 0.15) is 4.51 Å². The molecule has 11 heavy (non-hydrogen) atoms. The smallest absolute Gasteiger partial charge is 0.125 e. The lowest BCUT2D eigenvalue weighted by atomic mass is 10.0. The van der Waals surface area contributed by atoms with Crippen molar-refractivity contribution in [2.75, 3.05) is 0 Å². The second-order valence-electron chi connectivity index (χ2n) is 3.93. The van der Waals surface area contributed by atoms with Gasteiger partial charge >= 0.3 is 0 Å². The quantitative estimate of drug-likeness (QED) is 0.621. The van der Waals surface area contributed by atoms with Crippen LogP contribution in [0.3, 0.4) is 0 Å². The number of hydrogen-bond acceptors (Lipinski definition) is 1. The van der Waals surface area contributed by atoms with Gasteiger partial charge in [-0.3, -0.25) is 0 Å². The van der Waals surface area contributed by atoms with Gasteiger partial charge in [0.25, 0.3) is 0 Å². The van der Waals surface area contributed by atoms with Gasteiger partial charge in [-0.25, -0.2) is 0 Å². The molecule has 2 fully saturated rings. The molecule has 0 aromatic heterocycles. The van der Waals surface area contributed by atoms with E-state index in [0.717, 1.165) is 0 Å². The summed E-state index contributed by atoms with van der Waals surface area (Å²) in [6.07, 6.45) is 7.82. The van der Waals surface area contributed by atoms with E-state index in [1.165, 1.54) is 38.5 Å². The predicted octanol–water partition coefficient (Wildman–Crippen LogP) is 2.67. The van der Waals surface area contributed by atoms with Crippen LogP contribution in [0.2, 0.25) is 0 Å². The monoisotopic (exact) mass is 218 g/mol. The minimum atomic E-state index is -0.461. The van der Waals surface area contributed by atoms with Crippen LogP contribution >= 0.6 is 15.9 Å². The Hall–Kier alpha value is 0.440. The van der Waals surface area contributed by atoms with Crippen LogP contribution in [-0.4, -0.2) is 9.62 Å². The first-order valence-corrected chi connectivity index (χ1v) is 5.43. The Morgan fingerprint density at radius 3 is 1.91 bits per heavy atom. The first-order chi connectivity index (χ1) is 5.23. The van der Waals surface area contributed by atoms with E-state index in [0.29, 0.717) is 11.8 Å². The summed E-state index contributed by atoms with van der Waals surface area (Å²) in [6.45, 7) is 0. The van der Waals surface area contributed by atoms with E-state index in [1.54, 1.807) is 0 Å². The molecule has 0 bridgehead atoms. The van der Waals surface area contributed by atoms with Crippen LogP contribution < -0.4 is 0 Å². The molecule has 0 spiro atoms. The average Bonchev–Trinajstić information content (AvgIpc) is 2.29. The Balaban J connectivity index is 1.95. The number of hydrogen-bond donors (Lipinski definition) is 1. The standard InChI is InChI=1S/C9H15BrO/c10-9(11)7-5-3-1-2-4-6-8(7)9/h7-8,11H,1-6H2/t7-,8+,9?. The van der Waals surface area contributed by atoms with Crippen molar-refractivity contribution in [2.24, 2.45) is 11.8 Å². The van der Waals surface area contributed by atoms with E-state index in [2.05, 4.69) is 15.9 Å². The van der Waals surface area contributed by atoms with Gasteiger partial charge in [-0.2, -0.15) is 0 Å². The minimum Gasteiger partial charge on any atom is -0.378 e. The molecule has 64 valence electrons. The molecule has 2 rings (SSSR count). The van der Waals surface area contributed by atoms with Crippen molar-refractivity contribution in [3.05, 3.63) is 0 Å². The van der Waals surface area contributed by atoms with Crippen LogP contribution in [0.4, 0.5) is 0 Å². The summed E-state index contributed by atoms with van der Waals surface area (Å²) in [7, 11) is 0. The van der Waals surface area contributed by atoms with Crippen molar-refractivity contribution in [2.45, 2.75) is 43.0 Å². The molecule has 1 unspecified atom stereocenters. The normalized spacial score (nSPS) is 50.7. The zero-order chi connectivity index (χ0) is 7.90. The first kappa shape index (κ1) is 8.06. The van der Waals surface area contributed by atoms with Crippen molar-refractivity contribution in [3.8, 4) is 0 Å². The molecule has 2 heteroatoms. The fraction of sp³-hybridized carbons (Fsp3) is 1.00. The molecule has 0 aromatic rings. The molecule has 0 aliphatic heterocycles. The number of aliphatic hydroxyl groups is 1.